The maximum absolute atomic E-state index is 7.18. The molecule has 1 aliphatic rings. The Hall–Kier alpha value is -1.79. The van der Waals surface area contributed by atoms with Gasteiger partial charge in [0, 0.05) is 5.92 Å². The Morgan fingerprint density at radius 1 is 0.800 bits per heavy atom. The molecule has 0 amide bonds. The highest BCUT2D eigenvalue weighted by Crippen LogP contribution is 2.46. The Morgan fingerprint density at radius 2 is 1.35 bits per heavy atom. The maximum Gasteiger partial charge on any atom is 0.101 e. The number of rotatable bonds is 3. The number of alkyl halides is 1. The van der Waals surface area contributed by atoms with Crippen molar-refractivity contribution in [2.24, 2.45) is 5.92 Å². The van der Waals surface area contributed by atoms with E-state index in [9.17, 15) is 0 Å². The zero-order valence-corrected chi connectivity index (χ0v) is 12.0. The molecular formula is C19H17Cl. The molecule has 2 aromatic carbocycles. The van der Waals surface area contributed by atoms with Gasteiger partial charge in [-0.2, -0.15) is 0 Å². The maximum atomic E-state index is 7.18. The molecule has 3 rings (SSSR count). The van der Waals surface area contributed by atoms with E-state index in [0.717, 1.165) is 17.5 Å². The average molecular weight is 281 g/mol. The van der Waals surface area contributed by atoms with Crippen LogP contribution in [0, 0.1) is 5.92 Å². The normalized spacial score (nSPS) is 18.1. The molecule has 1 unspecified atom stereocenters. The first-order chi connectivity index (χ1) is 9.82. The Morgan fingerprint density at radius 3 is 1.80 bits per heavy atom. The molecule has 2 aromatic rings. The molecular weight excluding hydrogens is 264 g/mol. The minimum absolute atomic E-state index is 0.263. The van der Waals surface area contributed by atoms with Crippen molar-refractivity contribution in [3.05, 3.63) is 96.1 Å². The van der Waals surface area contributed by atoms with Gasteiger partial charge in [0.1, 0.15) is 4.87 Å². The topological polar surface area (TPSA) is 0 Å². The molecule has 1 atom stereocenters. The lowest BCUT2D eigenvalue weighted by molar-refractivity contribution is 0.516. The fourth-order valence-electron chi connectivity index (χ4n) is 2.83. The summed E-state index contributed by atoms with van der Waals surface area (Å²) in [6, 6.07) is 20.7. The zero-order valence-electron chi connectivity index (χ0n) is 11.2. The summed E-state index contributed by atoms with van der Waals surface area (Å²) in [6.07, 6.45) is 9.55. The van der Waals surface area contributed by atoms with Crippen LogP contribution in [0.1, 0.15) is 17.5 Å². The van der Waals surface area contributed by atoms with Gasteiger partial charge in [0.2, 0.25) is 0 Å². The summed E-state index contributed by atoms with van der Waals surface area (Å²) < 4.78 is 0. The lowest BCUT2D eigenvalue weighted by Crippen LogP contribution is -2.30. The van der Waals surface area contributed by atoms with Crippen LogP contribution in [0.25, 0.3) is 0 Å². The molecule has 0 heterocycles. The summed E-state index contributed by atoms with van der Waals surface area (Å²) in [5.74, 6) is 0.263. The van der Waals surface area contributed by atoms with Crippen molar-refractivity contribution in [2.45, 2.75) is 11.3 Å². The molecule has 100 valence electrons. The summed E-state index contributed by atoms with van der Waals surface area (Å²) in [4.78, 5) is -0.510. The van der Waals surface area contributed by atoms with E-state index in [1.54, 1.807) is 0 Å². The third-order valence-corrected chi connectivity index (χ3v) is 4.60. The van der Waals surface area contributed by atoms with Crippen LogP contribution in [0.15, 0.2) is 85.0 Å². The zero-order chi connectivity index (χ0) is 13.8. The van der Waals surface area contributed by atoms with Crippen LogP contribution in [0.5, 0.6) is 0 Å². The molecule has 1 heteroatoms. The van der Waals surface area contributed by atoms with Crippen molar-refractivity contribution < 1.29 is 0 Å². The lowest BCUT2D eigenvalue weighted by atomic mass is 9.77. The monoisotopic (exact) mass is 280 g/mol. The van der Waals surface area contributed by atoms with E-state index in [4.69, 9.17) is 11.6 Å². The third-order valence-electron chi connectivity index (χ3n) is 3.88. The summed E-state index contributed by atoms with van der Waals surface area (Å²) in [5, 5.41) is 0. The first-order valence-electron chi connectivity index (χ1n) is 6.95. The standard InChI is InChI=1S/C19H17Cl/c20-19(16-10-4-1-5-11-16,17-12-6-2-7-13-17)18-14-8-3-9-15-18/h1-14,18H,15H2. The Bertz CT molecular complexity index is 571. The van der Waals surface area contributed by atoms with Crippen LogP contribution >= 0.6 is 11.6 Å². The Kier molecular flexibility index (Phi) is 3.75. The fourth-order valence-corrected chi connectivity index (χ4v) is 3.25. The van der Waals surface area contributed by atoms with Crippen LogP contribution in [-0.2, 0) is 4.87 Å². The number of hydrogen-bond donors (Lipinski definition) is 0. The molecule has 0 saturated carbocycles. The number of hydrogen-bond acceptors (Lipinski definition) is 0. The molecule has 0 saturated heterocycles. The van der Waals surface area contributed by atoms with Crippen LogP contribution in [0.2, 0.25) is 0 Å². The van der Waals surface area contributed by atoms with Crippen LogP contribution in [-0.4, -0.2) is 0 Å². The highest BCUT2D eigenvalue weighted by Gasteiger charge is 2.38. The Labute approximate surface area is 125 Å². The number of halogens is 1. The minimum atomic E-state index is -0.510. The Balaban J connectivity index is 2.13. The van der Waals surface area contributed by atoms with E-state index in [0.29, 0.717) is 0 Å². The van der Waals surface area contributed by atoms with Crippen LogP contribution in [0.4, 0.5) is 0 Å². The first-order valence-corrected chi connectivity index (χ1v) is 7.33. The summed E-state index contributed by atoms with van der Waals surface area (Å²) in [7, 11) is 0. The predicted molar refractivity (Wildman–Crippen MR) is 85.9 cm³/mol. The van der Waals surface area contributed by atoms with Gasteiger partial charge in [0.05, 0.1) is 0 Å². The van der Waals surface area contributed by atoms with Gasteiger partial charge in [-0.15, -0.1) is 11.6 Å². The molecule has 0 N–H and O–H groups in total. The fraction of sp³-hybridized carbons (Fsp3) is 0.158. The molecule has 0 aliphatic heterocycles. The second-order valence-electron chi connectivity index (χ2n) is 5.10. The third kappa shape index (κ3) is 2.32. The van der Waals surface area contributed by atoms with E-state index in [-0.39, 0.29) is 5.92 Å². The molecule has 0 spiro atoms. The lowest BCUT2D eigenvalue weighted by Gasteiger charge is -2.35. The predicted octanol–water partition coefficient (Wildman–Crippen LogP) is 5.30. The molecule has 0 nitrogen and oxygen atoms in total. The smallest absolute Gasteiger partial charge is 0.101 e. The highest BCUT2D eigenvalue weighted by atomic mass is 35.5. The van der Waals surface area contributed by atoms with E-state index >= 15 is 0 Å². The van der Waals surface area contributed by atoms with Crippen molar-refractivity contribution in [2.75, 3.05) is 0 Å². The van der Waals surface area contributed by atoms with Gasteiger partial charge in [0.15, 0.2) is 0 Å². The largest absolute Gasteiger partial charge is 0.108 e. The van der Waals surface area contributed by atoms with Gasteiger partial charge in [-0.3, -0.25) is 0 Å². The minimum Gasteiger partial charge on any atom is -0.108 e. The SMILES string of the molecule is ClC(c1ccccc1)(c1ccccc1)C1C=CC=CC1. The van der Waals surface area contributed by atoms with E-state index < -0.39 is 4.87 Å². The second-order valence-corrected chi connectivity index (χ2v) is 5.70. The van der Waals surface area contributed by atoms with E-state index in [1.165, 1.54) is 0 Å². The van der Waals surface area contributed by atoms with E-state index in [2.05, 4.69) is 72.8 Å². The van der Waals surface area contributed by atoms with Gasteiger partial charge in [0.25, 0.3) is 0 Å². The van der Waals surface area contributed by atoms with Crippen molar-refractivity contribution >= 4 is 11.6 Å². The van der Waals surface area contributed by atoms with Gasteiger partial charge >= 0.3 is 0 Å². The van der Waals surface area contributed by atoms with Crippen molar-refractivity contribution in [1.29, 1.82) is 0 Å². The number of allylic oxidation sites excluding steroid dienone is 4. The number of benzene rings is 2. The average Bonchev–Trinajstić information content (AvgIpc) is 2.56. The molecule has 0 bridgehead atoms. The summed E-state index contributed by atoms with van der Waals surface area (Å²) in [5.41, 5.74) is 2.30. The van der Waals surface area contributed by atoms with Gasteiger partial charge < -0.3 is 0 Å². The summed E-state index contributed by atoms with van der Waals surface area (Å²) in [6.45, 7) is 0. The van der Waals surface area contributed by atoms with Gasteiger partial charge in [-0.05, 0) is 17.5 Å². The molecule has 1 aliphatic carbocycles. The van der Waals surface area contributed by atoms with Crippen molar-refractivity contribution in [1.82, 2.24) is 0 Å². The van der Waals surface area contributed by atoms with Crippen molar-refractivity contribution in [3.8, 4) is 0 Å². The van der Waals surface area contributed by atoms with Gasteiger partial charge in [-0.1, -0.05) is 85.0 Å². The van der Waals surface area contributed by atoms with Gasteiger partial charge in [-0.25, -0.2) is 0 Å². The second kappa shape index (κ2) is 5.68. The summed E-state index contributed by atoms with van der Waals surface area (Å²) >= 11 is 7.18. The van der Waals surface area contributed by atoms with Crippen LogP contribution in [0.3, 0.4) is 0 Å². The first kappa shape index (κ1) is 13.2. The molecule has 0 radical (unpaired) electrons. The molecule has 0 aromatic heterocycles. The van der Waals surface area contributed by atoms with Crippen molar-refractivity contribution in [3.63, 3.8) is 0 Å². The van der Waals surface area contributed by atoms with E-state index in [1.807, 2.05) is 12.1 Å². The highest BCUT2D eigenvalue weighted by molar-refractivity contribution is 6.26. The quantitative estimate of drug-likeness (QED) is 0.669. The van der Waals surface area contributed by atoms with Crippen LogP contribution < -0.4 is 0 Å². The molecule has 0 fully saturated rings. The molecule has 20 heavy (non-hydrogen) atoms.